The zero-order valence-electron chi connectivity index (χ0n) is 22.9. The van der Waals surface area contributed by atoms with Crippen LogP contribution in [0.15, 0.2) is 84.9 Å². The fraction of sp³-hybridized carbons (Fsp3) is 0.281. The Morgan fingerprint density at radius 3 is 1.52 bits per heavy atom. The third kappa shape index (κ3) is 9.94. The van der Waals surface area contributed by atoms with Gasteiger partial charge in [0, 0.05) is 5.57 Å². The molecule has 3 rings (SSSR count). The Bertz CT molecular complexity index is 1260. The number of rotatable bonds is 15. The van der Waals surface area contributed by atoms with Gasteiger partial charge in [0.2, 0.25) is 0 Å². The summed E-state index contributed by atoms with van der Waals surface area (Å²) in [6.07, 6.45) is 3.55. The molecule has 0 aliphatic heterocycles. The van der Waals surface area contributed by atoms with Crippen LogP contribution in [-0.4, -0.2) is 37.7 Å². The molecule has 3 aromatic rings. The van der Waals surface area contributed by atoms with Crippen molar-refractivity contribution in [1.29, 1.82) is 0 Å². The Morgan fingerprint density at radius 2 is 1.02 bits per heavy atom. The van der Waals surface area contributed by atoms with Gasteiger partial charge in [-0.1, -0.05) is 6.58 Å². The summed E-state index contributed by atoms with van der Waals surface area (Å²) >= 11 is 0. The van der Waals surface area contributed by atoms with Crippen LogP contribution in [0.2, 0.25) is 0 Å². The van der Waals surface area contributed by atoms with E-state index < -0.39 is 11.9 Å². The summed E-state index contributed by atoms with van der Waals surface area (Å²) in [4.78, 5) is 36.2. The van der Waals surface area contributed by atoms with Crippen molar-refractivity contribution >= 4 is 17.9 Å². The molecule has 0 saturated carbocycles. The van der Waals surface area contributed by atoms with E-state index in [0.29, 0.717) is 59.5 Å². The average Bonchev–Trinajstić information content (AvgIpc) is 2.96. The molecule has 8 nitrogen and oxygen atoms in total. The summed E-state index contributed by atoms with van der Waals surface area (Å²) < 4.78 is 27.0. The number of carbonyl (C=O) groups excluding carboxylic acids is 3. The second-order valence-electron chi connectivity index (χ2n) is 8.91. The lowest BCUT2D eigenvalue weighted by atomic mass is 10.2. The molecule has 8 heteroatoms. The number of unbranched alkanes of at least 4 members (excludes halogenated alkanes) is 3. The molecule has 0 spiro atoms. The van der Waals surface area contributed by atoms with E-state index in [-0.39, 0.29) is 5.97 Å². The summed E-state index contributed by atoms with van der Waals surface area (Å²) in [5, 5.41) is 0. The fourth-order valence-corrected chi connectivity index (χ4v) is 3.48. The maximum Gasteiger partial charge on any atom is 0.343 e. The fourth-order valence-electron chi connectivity index (χ4n) is 3.48. The van der Waals surface area contributed by atoms with E-state index in [0.717, 1.165) is 25.7 Å². The molecule has 0 radical (unpaired) electrons. The van der Waals surface area contributed by atoms with Crippen LogP contribution in [0.4, 0.5) is 0 Å². The normalized spacial score (nSPS) is 10.3. The monoisotopic (exact) mass is 546 g/mol. The predicted octanol–water partition coefficient (Wildman–Crippen LogP) is 6.58. The highest BCUT2D eigenvalue weighted by atomic mass is 16.5. The van der Waals surface area contributed by atoms with Crippen molar-refractivity contribution in [2.45, 2.75) is 39.5 Å². The van der Waals surface area contributed by atoms with Crippen molar-refractivity contribution in [2.24, 2.45) is 0 Å². The van der Waals surface area contributed by atoms with Gasteiger partial charge in [0.1, 0.15) is 23.0 Å². The van der Waals surface area contributed by atoms with E-state index in [1.165, 1.54) is 24.3 Å². The molecule has 0 aliphatic carbocycles. The quantitative estimate of drug-likeness (QED) is 0.0912. The Hall–Kier alpha value is -4.59. The lowest BCUT2D eigenvalue weighted by molar-refractivity contribution is -0.139. The largest absolute Gasteiger partial charge is 0.494 e. The lowest BCUT2D eigenvalue weighted by Gasteiger charge is -2.09. The van der Waals surface area contributed by atoms with Crippen LogP contribution < -0.4 is 18.9 Å². The van der Waals surface area contributed by atoms with Crippen LogP contribution in [-0.2, 0) is 9.53 Å². The highest BCUT2D eigenvalue weighted by molar-refractivity contribution is 5.92. The molecule has 0 atom stereocenters. The molecule has 0 N–H and O–H groups in total. The van der Waals surface area contributed by atoms with Gasteiger partial charge in [0.25, 0.3) is 0 Å². The van der Waals surface area contributed by atoms with Gasteiger partial charge in [0.05, 0.1) is 30.9 Å². The summed E-state index contributed by atoms with van der Waals surface area (Å²) in [6, 6.07) is 19.6. The van der Waals surface area contributed by atoms with Gasteiger partial charge in [-0.15, -0.1) is 0 Å². The maximum atomic E-state index is 12.5. The van der Waals surface area contributed by atoms with Crippen LogP contribution >= 0.6 is 0 Å². The summed E-state index contributed by atoms with van der Waals surface area (Å²) in [6.45, 7) is 8.56. The van der Waals surface area contributed by atoms with Crippen molar-refractivity contribution in [3.05, 3.63) is 96.1 Å². The number of esters is 3. The van der Waals surface area contributed by atoms with E-state index >= 15 is 0 Å². The highest BCUT2D eigenvalue weighted by Gasteiger charge is 2.12. The average molecular weight is 547 g/mol. The molecule has 3 aromatic carbocycles. The molecular weight excluding hydrogens is 512 g/mol. The molecule has 210 valence electrons. The first-order chi connectivity index (χ1) is 19.4. The third-order valence-electron chi connectivity index (χ3n) is 5.62. The molecule has 40 heavy (non-hydrogen) atoms. The van der Waals surface area contributed by atoms with E-state index in [4.69, 9.17) is 23.7 Å². The smallest absolute Gasteiger partial charge is 0.343 e. The Balaban J connectivity index is 1.37. The Morgan fingerprint density at radius 1 is 0.600 bits per heavy atom. The van der Waals surface area contributed by atoms with Crippen LogP contribution in [0.3, 0.4) is 0 Å². The van der Waals surface area contributed by atoms with E-state index in [1.54, 1.807) is 55.5 Å². The van der Waals surface area contributed by atoms with E-state index in [2.05, 4.69) is 6.58 Å². The van der Waals surface area contributed by atoms with Crippen molar-refractivity contribution in [2.75, 3.05) is 19.8 Å². The summed E-state index contributed by atoms with van der Waals surface area (Å²) in [5.41, 5.74) is 1.10. The molecule has 0 unspecified atom stereocenters. The molecule has 0 aliphatic rings. The molecular formula is C32H34O8. The summed E-state index contributed by atoms with van der Waals surface area (Å²) in [5.74, 6) is 0.645. The molecule has 0 fully saturated rings. The SMILES string of the molecule is C=C(C)C(=O)OCCCCCCOc1ccc(C(=O)Oc2ccc(C(=O)Oc3ccc(OCC)cc3)cc2)cc1. The number of carbonyl (C=O) groups is 3. The maximum absolute atomic E-state index is 12.5. The molecule has 0 aromatic heterocycles. The van der Waals surface area contributed by atoms with Gasteiger partial charge in [-0.2, -0.15) is 0 Å². The van der Waals surface area contributed by atoms with E-state index in [1.807, 2.05) is 6.92 Å². The van der Waals surface area contributed by atoms with Crippen molar-refractivity contribution in [3.8, 4) is 23.0 Å². The number of hydrogen-bond donors (Lipinski definition) is 0. The minimum atomic E-state index is -0.526. The third-order valence-corrected chi connectivity index (χ3v) is 5.62. The first-order valence-electron chi connectivity index (χ1n) is 13.2. The predicted molar refractivity (Wildman–Crippen MR) is 150 cm³/mol. The van der Waals surface area contributed by atoms with Gasteiger partial charge >= 0.3 is 17.9 Å². The first kappa shape index (κ1) is 30.0. The van der Waals surface area contributed by atoms with Crippen LogP contribution in [0, 0.1) is 0 Å². The second-order valence-corrected chi connectivity index (χ2v) is 8.91. The van der Waals surface area contributed by atoms with Gasteiger partial charge < -0.3 is 23.7 Å². The molecule has 0 bridgehead atoms. The van der Waals surface area contributed by atoms with Crippen molar-refractivity contribution < 1.29 is 38.1 Å². The molecule has 0 heterocycles. The number of hydrogen-bond acceptors (Lipinski definition) is 8. The minimum absolute atomic E-state index is 0.303. The number of ether oxygens (including phenoxy) is 5. The standard InChI is InChI=1S/C32H34O8/c1-4-36-26-17-19-29(20-18-26)40-32(35)25-11-15-28(16-12-25)39-31(34)24-9-13-27(14-10-24)37-21-7-5-6-8-22-38-30(33)23(2)3/h9-20H,2,4-8,21-22H2,1,3H3. The summed E-state index contributed by atoms with van der Waals surface area (Å²) in [7, 11) is 0. The van der Waals surface area contributed by atoms with Crippen LogP contribution in [0.25, 0.3) is 0 Å². The van der Waals surface area contributed by atoms with Gasteiger partial charge in [-0.25, -0.2) is 14.4 Å². The highest BCUT2D eigenvalue weighted by Crippen LogP contribution is 2.21. The van der Waals surface area contributed by atoms with Crippen LogP contribution in [0.5, 0.6) is 23.0 Å². The van der Waals surface area contributed by atoms with Crippen molar-refractivity contribution in [3.63, 3.8) is 0 Å². The van der Waals surface area contributed by atoms with Crippen LogP contribution in [0.1, 0.15) is 60.2 Å². The Labute approximate surface area is 234 Å². The lowest BCUT2D eigenvalue weighted by Crippen LogP contribution is -2.10. The second kappa shape index (κ2) is 15.7. The van der Waals surface area contributed by atoms with Gasteiger partial charge in [0.15, 0.2) is 0 Å². The van der Waals surface area contributed by atoms with Crippen molar-refractivity contribution in [1.82, 2.24) is 0 Å². The topological polar surface area (TPSA) is 97.4 Å². The number of benzene rings is 3. The zero-order chi connectivity index (χ0) is 28.7. The van der Waals surface area contributed by atoms with Gasteiger partial charge in [-0.05, 0) is 112 Å². The zero-order valence-corrected chi connectivity index (χ0v) is 22.9. The van der Waals surface area contributed by atoms with E-state index in [9.17, 15) is 14.4 Å². The minimum Gasteiger partial charge on any atom is -0.494 e. The Kier molecular flexibility index (Phi) is 11.8. The molecule has 0 amide bonds. The molecule has 0 saturated heterocycles. The first-order valence-corrected chi connectivity index (χ1v) is 13.2. The van der Waals surface area contributed by atoms with Gasteiger partial charge in [-0.3, -0.25) is 0 Å².